The van der Waals surface area contributed by atoms with Crippen molar-refractivity contribution in [1.29, 1.82) is 0 Å². The zero-order valence-electron chi connectivity index (χ0n) is 19.5. The van der Waals surface area contributed by atoms with Crippen molar-refractivity contribution in [3.8, 4) is 5.75 Å². The minimum absolute atomic E-state index is 0.258. The predicted molar refractivity (Wildman–Crippen MR) is 137 cm³/mol. The molecule has 0 radical (unpaired) electrons. The summed E-state index contributed by atoms with van der Waals surface area (Å²) in [7, 11) is 0. The van der Waals surface area contributed by atoms with E-state index in [9.17, 15) is 9.18 Å². The van der Waals surface area contributed by atoms with Gasteiger partial charge < -0.3 is 10.1 Å². The van der Waals surface area contributed by atoms with Crippen LogP contribution in [0.1, 0.15) is 38.4 Å². The van der Waals surface area contributed by atoms with E-state index in [0.29, 0.717) is 39.3 Å². The Labute approximate surface area is 213 Å². The molecule has 1 amide bonds. The molecule has 0 saturated heterocycles. The lowest BCUT2D eigenvalue weighted by molar-refractivity contribution is 0.102. The van der Waals surface area contributed by atoms with Gasteiger partial charge in [-0.3, -0.25) is 9.48 Å². The van der Waals surface area contributed by atoms with E-state index in [4.69, 9.17) is 27.9 Å². The molecule has 0 aliphatic heterocycles. The molecule has 4 aromatic rings. The van der Waals surface area contributed by atoms with Crippen molar-refractivity contribution < 1.29 is 13.9 Å². The van der Waals surface area contributed by atoms with Gasteiger partial charge in [-0.25, -0.2) is 4.39 Å². The van der Waals surface area contributed by atoms with Crippen molar-refractivity contribution in [3.05, 3.63) is 110 Å². The highest BCUT2D eigenvalue weighted by Crippen LogP contribution is 2.27. The number of carbonyl (C=O) groups is 1. The van der Waals surface area contributed by atoms with Crippen molar-refractivity contribution in [2.24, 2.45) is 0 Å². The van der Waals surface area contributed by atoms with E-state index < -0.39 is 5.82 Å². The third-order valence-corrected chi connectivity index (χ3v) is 6.29. The van der Waals surface area contributed by atoms with Crippen LogP contribution in [-0.4, -0.2) is 15.7 Å². The number of carbonyl (C=O) groups excluding carboxylic acids is 1. The molecule has 4 rings (SSSR count). The summed E-state index contributed by atoms with van der Waals surface area (Å²) < 4.78 is 21.0. The minimum atomic E-state index is -0.394. The summed E-state index contributed by atoms with van der Waals surface area (Å²) in [4.78, 5) is 13.0. The Balaban J connectivity index is 1.47. The van der Waals surface area contributed by atoms with Crippen molar-refractivity contribution in [2.45, 2.75) is 33.9 Å². The molecule has 0 atom stereocenters. The second-order valence-corrected chi connectivity index (χ2v) is 9.13. The topological polar surface area (TPSA) is 56.1 Å². The largest absolute Gasteiger partial charge is 0.487 e. The zero-order valence-corrected chi connectivity index (χ0v) is 21.0. The second kappa shape index (κ2) is 10.5. The standard InChI is InChI=1S/C27H24Cl2FN3O2/c1-16-7-10-23(28)25(11-16)35-15-19-5-4-6-20(12-19)27(34)31-26-17(2)32-33(18(26)3)14-21-8-9-22(30)13-24(21)29/h4-13H,14-15H2,1-3H3,(H,31,34). The van der Waals surface area contributed by atoms with Crippen molar-refractivity contribution in [2.75, 3.05) is 5.32 Å². The van der Waals surface area contributed by atoms with E-state index in [-0.39, 0.29) is 12.5 Å². The van der Waals surface area contributed by atoms with E-state index in [1.807, 2.05) is 45.0 Å². The highest BCUT2D eigenvalue weighted by Gasteiger charge is 2.17. The maximum Gasteiger partial charge on any atom is 0.255 e. The molecule has 1 N–H and O–H groups in total. The van der Waals surface area contributed by atoms with Crippen molar-refractivity contribution in [3.63, 3.8) is 0 Å². The number of halogens is 3. The number of ether oxygens (including phenoxy) is 1. The summed E-state index contributed by atoms with van der Waals surface area (Å²) in [5, 5.41) is 8.36. The van der Waals surface area contributed by atoms with Crippen molar-refractivity contribution >= 4 is 34.8 Å². The van der Waals surface area contributed by atoms with Crippen LogP contribution in [0, 0.1) is 26.6 Å². The van der Waals surface area contributed by atoms with Crippen LogP contribution in [0.4, 0.5) is 10.1 Å². The molecule has 8 heteroatoms. The molecule has 0 aliphatic rings. The first kappa shape index (κ1) is 24.8. The van der Waals surface area contributed by atoms with Gasteiger partial charge in [0.05, 0.1) is 28.6 Å². The molecule has 1 heterocycles. The van der Waals surface area contributed by atoms with Crippen LogP contribution in [0.5, 0.6) is 5.75 Å². The van der Waals surface area contributed by atoms with Gasteiger partial charge in [0.25, 0.3) is 5.91 Å². The second-order valence-electron chi connectivity index (χ2n) is 8.32. The Hall–Kier alpha value is -3.35. The Bertz CT molecular complexity index is 1400. The summed E-state index contributed by atoms with van der Waals surface area (Å²) in [6, 6.07) is 17.1. The monoisotopic (exact) mass is 511 g/mol. The first-order valence-electron chi connectivity index (χ1n) is 11.0. The van der Waals surface area contributed by atoms with E-state index in [2.05, 4.69) is 10.4 Å². The van der Waals surface area contributed by atoms with Gasteiger partial charge in [-0.1, -0.05) is 47.5 Å². The third-order valence-electron chi connectivity index (χ3n) is 5.63. The fourth-order valence-electron chi connectivity index (χ4n) is 3.71. The maximum absolute atomic E-state index is 13.4. The van der Waals surface area contributed by atoms with Crippen LogP contribution in [-0.2, 0) is 13.2 Å². The number of nitrogens with one attached hydrogen (secondary N) is 1. The average molecular weight is 512 g/mol. The van der Waals surface area contributed by atoms with Crippen LogP contribution < -0.4 is 10.1 Å². The fourth-order valence-corrected chi connectivity index (χ4v) is 4.11. The molecule has 1 aromatic heterocycles. The van der Waals surface area contributed by atoms with Gasteiger partial charge in [0, 0.05) is 10.6 Å². The fraction of sp³-hybridized carbons (Fsp3) is 0.185. The molecule has 0 saturated carbocycles. The van der Waals surface area contributed by atoms with Gasteiger partial charge >= 0.3 is 0 Å². The Morgan fingerprint density at radius 1 is 1.03 bits per heavy atom. The van der Waals surface area contributed by atoms with Gasteiger partial charge in [0.1, 0.15) is 18.2 Å². The summed E-state index contributed by atoms with van der Waals surface area (Å²) in [5.41, 5.74) is 5.18. The zero-order chi connectivity index (χ0) is 25.1. The van der Waals surface area contributed by atoms with E-state index in [1.54, 1.807) is 28.9 Å². The van der Waals surface area contributed by atoms with Gasteiger partial charge in [0.15, 0.2) is 0 Å². The number of hydrogen-bond donors (Lipinski definition) is 1. The van der Waals surface area contributed by atoms with E-state index in [1.165, 1.54) is 12.1 Å². The summed E-state index contributed by atoms with van der Waals surface area (Å²) in [6.07, 6.45) is 0. The number of rotatable bonds is 7. The van der Waals surface area contributed by atoms with E-state index >= 15 is 0 Å². The number of amides is 1. The first-order chi connectivity index (χ1) is 16.7. The van der Waals surface area contributed by atoms with Crippen molar-refractivity contribution in [1.82, 2.24) is 9.78 Å². The van der Waals surface area contributed by atoms with Gasteiger partial charge in [-0.05, 0) is 73.9 Å². The smallest absolute Gasteiger partial charge is 0.255 e. The minimum Gasteiger partial charge on any atom is -0.487 e. The van der Waals surface area contributed by atoms with Crippen LogP contribution in [0.15, 0.2) is 60.7 Å². The summed E-state index contributed by atoms with van der Waals surface area (Å²) in [6.45, 7) is 6.29. The number of aryl methyl sites for hydroxylation is 2. The quantitative estimate of drug-likeness (QED) is 0.287. The molecule has 0 spiro atoms. The highest BCUT2D eigenvalue weighted by molar-refractivity contribution is 6.32. The van der Waals surface area contributed by atoms with E-state index in [0.717, 1.165) is 22.4 Å². The lowest BCUT2D eigenvalue weighted by atomic mass is 10.1. The third kappa shape index (κ3) is 5.84. The Morgan fingerprint density at radius 3 is 2.60 bits per heavy atom. The van der Waals surface area contributed by atoms with Gasteiger partial charge in [0.2, 0.25) is 0 Å². The van der Waals surface area contributed by atoms with Crippen LogP contribution in [0.3, 0.4) is 0 Å². The molecule has 0 unspecified atom stereocenters. The first-order valence-corrected chi connectivity index (χ1v) is 11.7. The van der Waals surface area contributed by atoms with Crippen LogP contribution in [0.25, 0.3) is 0 Å². The molecular formula is C27H24Cl2FN3O2. The number of anilines is 1. The molecule has 5 nitrogen and oxygen atoms in total. The van der Waals surface area contributed by atoms with Gasteiger partial charge in [-0.15, -0.1) is 0 Å². The molecular weight excluding hydrogens is 488 g/mol. The molecule has 0 fully saturated rings. The average Bonchev–Trinajstić information content (AvgIpc) is 3.09. The summed E-state index contributed by atoms with van der Waals surface area (Å²) >= 11 is 12.4. The van der Waals surface area contributed by atoms with Gasteiger partial charge in [-0.2, -0.15) is 5.10 Å². The number of hydrogen-bond acceptors (Lipinski definition) is 3. The Morgan fingerprint density at radius 2 is 1.83 bits per heavy atom. The SMILES string of the molecule is Cc1ccc(Cl)c(OCc2cccc(C(=O)Nc3c(C)nn(Cc4ccc(F)cc4Cl)c3C)c2)c1. The highest BCUT2D eigenvalue weighted by atomic mass is 35.5. The number of benzene rings is 3. The van der Waals surface area contributed by atoms with Crippen LogP contribution >= 0.6 is 23.2 Å². The lowest BCUT2D eigenvalue weighted by Crippen LogP contribution is -2.14. The molecule has 3 aromatic carbocycles. The molecule has 0 aliphatic carbocycles. The number of nitrogens with zero attached hydrogens (tertiary/aromatic N) is 2. The molecule has 0 bridgehead atoms. The maximum atomic E-state index is 13.4. The lowest BCUT2D eigenvalue weighted by Gasteiger charge is -2.11. The normalized spacial score (nSPS) is 10.9. The molecule has 35 heavy (non-hydrogen) atoms. The summed E-state index contributed by atoms with van der Waals surface area (Å²) in [5.74, 6) is -0.0536. The predicted octanol–water partition coefficient (Wildman–Crippen LogP) is 7.13. The Kier molecular flexibility index (Phi) is 7.43. The van der Waals surface area contributed by atoms with Crippen LogP contribution in [0.2, 0.25) is 10.0 Å². The number of aromatic nitrogens is 2. The molecule has 180 valence electrons.